The van der Waals surface area contributed by atoms with E-state index < -0.39 is 11.7 Å². The third-order valence-electron chi connectivity index (χ3n) is 1.43. The van der Waals surface area contributed by atoms with Crippen molar-refractivity contribution in [1.29, 1.82) is 0 Å². The van der Waals surface area contributed by atoms with Crippen LogP contribution in [0, 0.1) is 0 Å². The number of aromatic amines is 1. The molecular formula is C6H4CaN2O2. The number of fused-ring (bicyclic) bond motifs is 1. The van der Waals surface area contributed by atoms with Crippen molar-refractivity contribution in [3.05, 3.63) is 18.0 Å². The van der Waals surface area contributed by atoms with Crippen LogP contribution >= 0.6 is 0 Å². The monoisotopic (exact) mass is 176 g/mol. The number of H-pyrrole nitrogens is 1. The summed E-state index contributed by atoms with van der Waals surface area (Å²) in [6.07, 6.45) is 1.61. The van der Waals surface area contributed by atoms with E-state index in [1.807, 2.05) is 0 Å². The topological polar surface area (TPSA) is 62.0 Å². The number of Topliss-reactive ketones (excluding diaryl/α,β-unsaturated/α-hetero) is 1. The van der Waals surface area contributed by atoms with Crippen LogP contribution in [-0.4, -0.2) is 54.4 Å². The Hall–Kier alpha value is -0.320. The third-order valence-corrected chi connectivity index (χ3v) is 1.43. The van der Waals surface area contributed by atoms with Crippen molar-refractivity contribution in [3.8, 4) is 0 Å². The number of aromatic nitrogens is 1. The normalized spacial score (nSPS) is 13.8. The Kier molecular flexibility index (Phi) is 2.37. The summed E-state index contributed by atoms with van der Waals surface area (Å²) in [4.78, 5) is 24.1. The largest absolute Gasteiger partial charge is 0.357 e. The molecular weight excluding hydrogens is 172 g/mol. The van der Waals surface area contributed by atoms with Crippen LogP contribution < -0.4 is 5.32 Å². The van der Waals surface area contributed by atoms with Gasteiger partial charge in [0.2, 0.25) is 0 Å². The Morgan fingerprint density at radius 3 is 2.64 bits per heavy atom. The molecule has 0 saturated carbocycles. The third kappa shape index (κ3) is 1.21. The van der Waals surface area contributed by atoms with E-state index in [1.165, 1.54) is 0 Å². The second kappa shape index (κ2) is 2.97. The molecule has 5 heteroatoms. The minimum absolute atomic E-state index is 0. The number of carbonyl (C=O) groups excluding carboxylic acids is 2. The fourth-order valence-electron chi connectivity index (χ4n) is 0.954. The summed E-state index contributed by atoms with van der Waals surface area (Å²) in [5, 5.41) is 2.41. The predicted molar refractivity (Wildman–Crippen MR) is 39.5 cm³/mol. The smallest absolute Gasteiger partial charge is 0.298 e. The van der Waals surface area contributed by atoms with Gasteiger partial charge in [-0.05, 0) is 6.07 Å². The number of rotatable bonds is 0. The summed E-state index contributed by atoms with van der Waals surface area (Å²) in [5.41, 5.74) is 0.944. The molecule has 2 radical (unpaired) electrons. The van der Waals surface area contributed by atoms with E-state index in [1.54, 1.807) is 12.3 Å². The van der Waals surface area contributed by atoms with Gasteiger partial charge in [-0.1, -0.05) is 0 Å². The van der Waals surface area contributed by atoms with E-state index >= 15 is 0 Å². The van der Waals surface area contributed by atoms with Crippen molar-refractivity contribution in [1.82, 2.24) is 4.98 Å². The molecule has 1 aromatic rings. The van der Waals surface area contributed by atoms with Crippen molar-refractivity contribution in [2.45, 2.75) is 0 Å². The molecule has 0 spiro atoms. The fourth-order valence-corrected chi connectivity index (χ4v) is 0.954. The molecule has 52 valence electrons. The van der Waals surface area contributed by atoms with Crippen LogP contribution in [0.4, 0.5) is 5.69 Å². The molecule has 0 aliphatic carbocycles. The molecule has 2 rings (SSSR count). The zero-order valence-corrected chi connectivity index (χ0v) is 7.89. The maximum Gasteiger partial charge on any atom is 0.298 e. The average Bonchev–Trinajstić information content (AvgIpc) is 2.41. The molecule has 11 heavy (non-hydrogen) atoms. The van der Waals surface area contributed by atoms with E-state index in [0.717, 1.165) is 0 Å². The van der Waals surface area contributed by atoms with E-state index in [4.69, 9.17) is 0 Å². The van der Waals surface area contributed by atoms with Crippen LogP contribution in [0.5, 0.6) is 0 Å². The Balaban J connectivity index is 0.000000605. The first-order valence-corrected chi connectivity index (χ1v) is 2.82. The number of anilines is 1. The number of hydrogen-bond donors (Lipinski definition) is 2. The van der Waals surface area contributed by atoms with Gasteiger partial charge in [0.15, 0.2) is 0 Å². The quantitative estimate of drug-likeness (QED) is 0.423. The second-order valence-electron chi connectivity index (χ2n) is 2.05. The SMILES string of the molecule is O=C1Nc2cc[nH]c2C1=O.[Ca]. The van der Waals surface area contributed by atoms with Crippen LogP contribution in [0.1, 0.15) is 10.5 Å². The van der Waals surface area contributed by atoms with Crippen LogP contribution in [0.2, 0.25) is 0 Å². The van der Waals surface area contributed by atoms with E-state index in [9.17, 15) is 9.59 Å². The van der Waals surface area contributed by atoms with Gasteiger partial charge in [-0.3, -0.25) is 9.59 Å². The summed E-state index contributed by atoms with van der Waals surface area (Å²) in [6, 6.07) is 1.65. The molecule has 1 amide bonds. The number of nitrogens with one attached hydrogen (secondary N) is 2. The summed E-state index contributed by atoms with van der Waals surface area (Å²) >= 11 is 0. The molecule has 0 unspecified atom stereocenters. The minimum atomic E-state index is -0.554. The minimum Gasteiger partial charge on any atom is -0.357 e. The summed E-state index contributed by atoms with van der Waals surface area (Å²) in [7, 11) is 0. The summed E-state index contributed by atoms with van der Waals surface area (Å²) in [5.74, 6) is -1.04. The molecule has 0 aromatic carbocycles. The Morgan fingerprint density at radius 1 is 1.27 bits per heavy atom. The zero-order chi connectivity index (χ0) is 7.14. The van der Waals surface area contributed by atoms with Crippen molar-refractivity contribution in [2.75, 3.05) is 5.32 Å². The van der Waals surface area contributed by atoms with Gasteiger partial charge in [0, 0.05) is 43.9 Å². The number of amides is 1. The van der Waals surface area contributed by atoms with Gasteiger partial charge in [-0.2, -0.15) is 0 Å². The first-order valence-electron chi connectivity index (χ1n) is 2.82. The first-order chi connectivity index (χ1) is 4.79. The van der Waals surface area contributed by atoms with Gasteiger partial charge in [-0.15, -0.1) is 0 Å². The van der Waals surface area contributed by atoms with Crippen LogP contribution in [0.15, 0.2) is 12.3 Å². The number of carbonyl (C=O) groups is 2. The first kappa shape index (κ1) is 8.77. The molecule has 1 aliphatic rings. The van der Waals surface area contributed by atoms with E-state index in [2.05, 4.69) is 10.3 Å². The predicted octanol–water partition coefficient (Wildman–Crippen LogP) is -0.231. The van der Waals surface area contributed by atoms with Gasteiger partial charge in [0.05, 0.1) is 5.69 Å². The number of ketones is 1. The van der Waals surface area contributed by atoms with Crippen molar-refractivity contribution < 1.29 is 9.59 Å². The van der Waals surface area contributed by atoms with Crippen molar-refractivity contribution in [2.24, 2.45) is 0 Å². The van der Waals surface area contributed by atoms with Gasteiger partial charge in [-0.25, -0.2) is 0 Å². The fraction of sp³-hybridized carbons (Fsp3) is 0. The van der Waals surface area contributed by atoms with Gasteiger partial charge in [0.25, 0.3) is 11.7 Å². The molecule has 2 N–H and O–H groups in total. The Bertz CT molecular complexity index is 318. The molecule has 2 heterocycles. The van der Waals surface area contributed by atoms with E-state index in [-0.39, 0.29) is 37.7 Å². The van der Waals surface area contributed by atoms with Crippen LogP contribution in [0.25, 0.3) is 0 Å². The second-order valence-corrected chi connectivity index (χ2v) is 2.05. The van der Waals surface area contributed by atoms with Crippen molar-refractivity contribution in [3.63, 3.8) is 0 Å². The van der Waals surface area contributed by atoms with E-state index in [0.29, 0.717) is 11.4 Å². The van der Waals surface area contributed by atoms with Crippen LogP contribution in [-0.2, 0) is 4.79 Å². The molecule has 0 bridgehead atoms. The van der Waals surface area contributed by atoms with Gasteiger partial charge < -0.3 is 10.3 Å². The molecule has 0 fully saturated rings. The van der Waals surface area contributed by atoms with Gasteiger partial charge in [0.1, 0.15) is 5.69 Å². The molecule has 0 saturated heterocycles. The van der Waals surface area contributed by atoms with Crippen molar-refractivity contribution >= 4 is 55.1 Å². The van der Waals surface area contributed by atoms with Crippen LogP contribution in [0.3, 0.4) is 0 Å². The Labute approximate surface area is 92.4 Å². The molecule has 1 aromatic heterocycles. The summed E-state index contributed by atoms with van der Waals surface area (Å²) in [6.45, 7) is 0. The Morgan fingerprint density at radius 2 is 2.00 bits per heavy atom. The molecule has 1 aliphatic heterocycles. The summed E-state index contributed by atoms with van der Waals surface area (Å²) < 4.78 is 0. The maximum absolute atomic E-state index is 10.8. The molecule has 0 atom stereocenters. The molecule has 4 nitrogen and oxygen atoms in total. The maximum atomic E-state index is 10.8. The van der Waals surface area contributed by atoms with Gasteiger partial charge >= 0.3 is 0 Å². The standard InChI is InChI=1S/C6H4N2O2.Ca/c9-5-4-3(1-2-7-4)8-6(5)10;/h1-2,7H,(H,8,9,10);. The zero-order valence-electron chi connectivity index (χ0n) is 5.68. The average molecular weight is 176 g/mol. The number of hydrogen-bond acceptors (Lipinski definition) is 2.